The van der Waals surface area contributed by atoms with Gasteiger partial charge in [0.15, 0.2) is 0 Å². The lowest BCUT2D eigenvalue weighted by atomic mass is 10.2. The van der Waals surface area contributed by atoms with Gasteiger partial charge in [0, 0.05) is 23.6 Å². The number of rotatable bonds is 5. The Morgan fingerprint density at radius 2 is 2.20 bits per heavy atom. The van der Waals surface area contributed by atoms with E-state index in [4.69, 9.17) is 0 Å². The number of benzene rings is 1. The molecule has 1 aliphatic heterocycles. The van der Waals surface area contributed by atoms with E-state index < -0.39 is 10.0 Å². The van der Waals surface area contributed by atoms with Crippen LogP contribution in [-0.4, -0.2) is 38.4 Å². The maximum atomic E-state index is 12.9. The normalized spacial score (nSPS) is 19.7. The second-order valence-corrected chi connectivity index (χ2v) is 7.92. The molecule has 2 rings (SSSR count). The molecule has 4 nitrogen and oxygen atoms in total. The predicted molar refractivity (Wildman–Crippen MR) is 84.3 cm³/mol. The molecular weight excluding hydrogens is 340 g/mol. The molecule has 1 atom stereocenters. The standard InChI is InChI=1S/C14H21BrN2O2S/c1-3-8-17(12-6-7-16-10-12)20(18,19)13-5-4-11(2)14(15)9-13/h4-5,9,12,16H,3,6-8,10H2,1-2H3. The van der Waals surface area contributed by atoms with Gasteiger partial charge in [-0.3, -0.25) is 0 Å². The molecule has 0 bridgehead atoms. The fourth-order valence-electron chi connectivity index (χ4n) is 2.47. The van der Waals surface area contributed by atoms with Crippen LogP contribution in [0.25, 0.3) is 0 Å². The lowest BCUT2D eigenvalue weighted by Gasteiger charge is -2.27. The molecule has 1 saturated heterocycles. The molecule has 112 valence electrons. The van der Waals surface area contributed by atoms with E-state index >= 15 is 0 Å². The van der Waals surface area contributed by atoms with Crippen LogP contribution in [0.15, 0.2) is 27.6 Å². The zero-order valence-electron chi connectivity index (χ0n) is 11.9. The van der Waals surface area contributed by atoms with Crippen molar-refractivity contribution in [3.8, 4) is 0 Å². The predicted octanol–water partition coefficient (Wildman–Crippen LogP) is 2.52. The molecule has 0 spiro atoms. The Hall–Kier alpha value is -0.430. The van der Waals surface area contributed by atoms with Crippen LogP contribution < -0.4 is 5.32 Å². The monoisotopic (exact) mass is 360 g/mol. The highest BCUT2D eigenvalue weighted by Crippen LogP contribution is 2.25. The van der Waals surface area contributed by atoms with Crippen LogP contribution >= 0.6 is 15.9 Å². The van der Waals surface area contributed by atoms with Gasteiger partial charge in [-0.2, -0.15) is 4.31 Å². The number of sulfonamides is 1. The van der Waals surface area contributed by atoms with Gasteiger partial charge in [0.25, 0.3) is 0 Å². The van der Waals surface area contributed by atoms with E-state index in [-0.39, 0.29) is 6.04 Å². The van der Waals surface area contributed by atoms with Crippen molar-refractivity contribution in [1.82, 2.24) is 9.62 Å². The zero-order valence-corrected chi connectivity index (χ0v) is 14.3. The molecule has 0 amide bonds. The third-order valence-electron chi connectivity index (χ3n) is 3.64. The maximum absolute atomic E-state index is 12.9. The van der Waals surface area contributed by atoms with Crippen molar-refractivity contribution in [2.24, 2.45) is 0 Å². The minimum Gasteiger partial charge on any atom is -0.315 e. The number of hydrogen-bond donors (Lipinski definition) is 1. The summed E-state index contributed by atoms with van der Waals surface area (Å²) in [5, 5.41) is 3.24. The highest BCUT2D eigenvalue weighted by Gasteiger charge is 2.32. The number of halogens is 1. The number of nitrogens with one attached hydrogen (secondary N) is 1. The van der Waals surface area contributed by atoms with Gasteiger partial charge < -0.3 is 5.32 Å². The summed E-state index contributed by atoms with van der Waals surface area (Å²) in [6.45, 7) is 6.16. The minimum absolute atomic E-state index is 0.0695. The van der Waals surface area contributed by atoms with Crippen molar-refractivity contribution in [2.75, 3.05) is 19.6 Å². The Bertz CT molecular complexity index is 569. The van der Waals surface area contributed by atoms with Crippen LogP contribution in [0.3, 0.4) is 0 Å². The van der Waals surface area contributed by atoms with Crippen molar-refractivity contribution < 1.29 is 8.42 Å². The molecule has 0 saturated carbocycles. The van der Waals surface area contributed by atoms with Gasteiger partial charge in [0.1, 0.15) is 0 Å². The number of nitrogens with zero attached hydrogens (tertiary/aromatic N) is 1. The molecule has 0 radical (unpaired) electrons. The van der Waals surface area contributed by atoms with Crippen LogP contribution in [-0.2, 0) is 10.0 Å². The first-order valence-corrected chi connectivity index (χ1v) is 9.19. The fourth-order valence-corrected chi connectivity index (χ4v) is 4.78. The summed E-state index contributed by atoms with van der Waals surface area (Å²) in [5.74, 6) is 0. The van der Waals surface area contributed by atoms with Gasteiger partial charge in [-0.1, -0.05) is 28.9 Å². The first-order valence-electron chi connectivity index (χ1n) is 6.95. The molecule has 1 aromatic rings. The Balaban J connectivity index is 2.36. The van der Waals surface area contributed by atoms with E-state index in [9.17, 15) is 8.42 Å². The third-order valence-corrected chi connectivity index (χ3v) is 6.44. The summed E-state index contributed by atoms with van der Waals surface area (Å²) in [4.78, 5) is 0.371. The first-order chi connectivity index (χ1) is 9.46. The van der Waals surface area contributed by atoms with E-state index in [0.717, 1.165) is 36.0 Å². The third kappa shape index (κ3) is 3.24. The maximum Gasteiger partial charge on any atom is 0.243 e. The van der Waals surface area contributed by atoms with Crippen molar-refractivity contribution >= 4 is 26.0 Å². The van der Waals surface area contributed by atoms with E-state index in [1.165, 1.54) is 0 Å². The van der Waals surface area contributed by atoms with Gasteiger partial charge in [-0.15, -0.1) is 0 Å². The molecule has 1 heterocycles. The van der Waals surface area contributed by atoms with Gasteiger partial charge in [-0.25, -0.2) is 8.42 Å². The highest BCUT2D eigenvalue weighted by atomic mass is 79.9. The summed E-state index contributed by atoms with van der Waals surface area (Å²) < 4.78 is 28.2. The van der Waals surface area contributed by atoms with Crippen LogP contribution in [0.2, 0.25) is 0 Å². The molecule has 1 aromatic carbocycles. The smallest absolute Gasteiger partial charge is 0.243 e. The van der Waals surface area contributed by atoms with Gasteiger partial charge >= 0.3 is 0 Å². The topological polar surface area (TPSA) is 49.4 Å². The molecule has 1 aliphatic rings. The van der Waals surface area contributed by atoms with Crippen LogP contribution in [0, 0.1) is 6.92 Å². The quantitative estimate of drug-likeness (QED) is 0.877. The first kappa shape index (κ1) is 15.9. The van der Waals surface area contributed by atoms with E-state index in [2.05, 4.69) is 21.2 Å². The molecule has 1 N–H and O–H groups in total. The molecular formula is C14H21BrN2O2S. The second kappa shape index (κ2) is 6.56. The Labute approximate surface area is 129 Å². The van der Waals surface area contributed by atoms with Gasteiger partial charge in [-0.05, 0) is 44.0 Å². The van der Waals surface area contributed by atoms with Crippen molar-refractivity contribution in [3.63, 3.8) is 0 Å². The van der Waals surface area contributed by atoms with E-state index in [1.54, 1.807) is 16.4 Å². The van der Waals surface area contributed by atoms with Crippen molar-refractivity contribution in [2.45, 2.75) is 37.6 Å². The fraction of sp³-hybridized carbons (Fsp3) is 0.571. The van der Waals surface area contributed by atoms with Crippen molar-refractivity contribution in [1.29, 1.82) is 0 Å². The summed E-state index contributed by atoms with van der Waals surface area (Å²) >= 11 is 3.41. The molecule has 0 aliphatic carbocycles. The SMILES string of the molecule is CCCN(C1CCNC1)S(=O)(=O)c1ccc(C)c(Br)c1. The van der Waals surface area contributed by atoms with Crippen LogP contribution in [0.1, 0.15) is 25.3 Å². The molecule has 0 aromatic heterocycles. The molecule has 20 heavy (non-hydrogen) atoms. The summed E-state index contributed by atoms with van der Waals surface area (Å²) in [7, 11) is -3.42. The van der Waals surface area contributed by atoms with Gasteiger partial charge in [0.2, 0.25) is 10.0 Å². The minimum atomic E-state index is -3.42. The van der Waals surface area contributed by atoms with Crippen molar-refractivity contribution in [3.05, 3.63) is 28.2 Å². The Morgan fingerprint density at radius 3 is 2.75 bits per heavy atom. The molecule has 6 heteroatoms. The largest absolute Gasteiger partial charge is 0.315 e. The lowest BCUT2D eigenvalue weighted by molar-refractivity contribution is 0.335. The number of aryl methyl sites for hydroxylation is 1. The van der Waals surface area contributed by atoms with E-state index in [1.807, 2.05) is 19.9 Å². The summed E-state index contributed by atoms with van der Waals surface area (Å²) in [6.07, 6.45) is 1.70. The second-order valence-electron chi connectivity index (χ2n) is 5.17. The highest BCUT2D eigenvalue weighted by molar-refractivity contribution is 9.10. The summed E-state index contributed by atoms with van der Waals surface area (Å²) in [5.41, 5.74) is 1.04. The van der Waals surface area contributed by atoms with Crippen LogP contribution in [0.4, 0.5) is 0 Å². The molecule has 1 fully saturated rings. The molecule has 1 unspecified atom stereocenters. The Kier molecular flexibility index (Phi) is 5.23. The van der Waals surface area contributed by atoms with Crippen LogP contribution in [0.5, 0.6) is 0 Å². The summed E-state index contributed by atoms with van der Waals surface area (Å²) in [6, 6.07) is 5.31. The van der Waals surface area contributed by atoms with E-state index in [0.29, 0.717) is 11.4 Å². The lowest BCUT2D eigenvalue weighted by Crippen LogP contribution is -2.42. The Morgan fingerprint density at radius 1 is 1.45 bits per heavy atom. The zero-order chi connectivity index (χ0) is 14.8. The average molecular weight is 361 g/mol. The average Bonchev–Trinajstić information content (AvgIpc) is 2.92. The number of hydrogen-bond acceptors (Lipinski definition) is 3. The van der Waals surface area contributed by atoms with Gasteiger partial charge in [0.05, 0.1) is 4.90 Å².